The average molecular weight is 490 g/mol. The Labute approximate surface area is 205 Å². The van der Waals surface area contributed by atoms with Gasteiger partial charge in [0.25, 0.3) is 5.91 Å². The molecule has 0 atom stereocenters. The number of amides is 2. The van der Waals surface area contributed by atoms with Crippen LogP contribution in [-0.2, 0) is 9.59 Å². The van der Waals surface area contributed by atoms with E-state index in [9.17, 15) is 9.59 Å². The van der Waals surface area contributed by atoms with Gasteiger partial charge in [-0.15, -0.1) is 11.3 Å². The topological polar surface area (TPSA) is 71.5 Å². The molecule has 1 aliphatic rings. The van der Waals surface area contributed by atoms with Crippen molar-refractivity contribution in [1.29, 1.82) is 0 Å². The number of carbonyl (C=O) groups excluding carboxylic acids is 2. The summed E-state index contributed by atoms with van der Waals surface area (Å²) in [6.07, 6.45) is 0. The number of anilines is 2. The first-order chi connectivity index (χ1) is 16.5. The predicted molar refractivity (Wildman–Crippen MR) is 136 cm³/mol. The lowest BCUT2D eigenvalue weighted by atomic mass is 10.1. The fourth-order valence-electron chi connectivity index (χ4n) is 3.77. The molecule has 0 fully saturated rings. The van der Waals surface area contributed by atoms with Crippen molar-refractivity contribution in [2.45, 2.75) is 6.92 Å². The predicted octanol–water partition coefficient (Wildman–Crippen LogP) is 5.80. The van der Waals surface area contributed by atoms with Crippen LogP contribution in [0.1, 0.15) is 5.56 Å². The molecule has 0 saturated carbocycles. The molecule has 0 aliphatic carbocycles. The zero-order chi connectivity index (χ0) is 23.7. The summed E-state index contributed by atoms with van der Waals surface area (Å²) in [5, 5.41) is 6.25. The van der Waals surface area contributed by atoms with Gasteiger partial charge in [-0.25, -0.2) is 4.98 Å². The molecule has 34 heavy (non-hydrogen) atoms. The molecule has 0 bridgehead atoms. The molecular formula is C26H20ClN3O3S. The Kier molecular flexibility index (Phi) is 6.04. The lowest BCUT2D eigenvalue weighted by Crippen LogP contribution is -2.43. The van der Waals surface area contributed by atoms with Crippen LogP contribution in [0.15, 0.2) is 72.1 Å². The third-order valence-electron chi connectivity index (χ3n) is 5.41. The number of ether oxygens (including phenoxy) is 1. The number of rotatable bonds is 5. The number of carbonyl (C=O) groups is 2. The molecule has 1 N–H and O–H groups in total. The minimum Gasteiger partial charge on any atom is -0.482 e. The van der Waals surface area contributed by atoms with E-state index in [1.807, 2.05) is 73.0 Å². The van der Waals surface area contributed by atoms with Crippen molar-refractivity contribution in [3.05, 3.63) is 82.7 Å². The molecule has 3 aromatic carbocycles. The van der Waals surface area contributed by atoms with Crippen molar-refractivity contribution in [2.24, 2.45) is 0 Å². The Morgan fingerprint density at radius 1 is 1.15 bits per heavy atom. The number of hydrogen-bond acceptors (Lipinski definition) is 5. The number of nitrogens with zero attached hydrogens (tertiary/aromatic N) is 2. The van der Waals surface area contributed by atoms with Crippen LogP contribution in [0, 0.1) is 6.92 Å². The first-order valence-corrected chi connectivity index (χ1v) is 11.9. The van der Waals surface area contributed by atoms with Gasteiger partial charge in [0.15, 0.2) is 6.61 Å². The Morgan fingerprint density at radius 2 is 2.00 bits per heavy atom. The summed E-state index contributed by atoms with van der Waals surface area (Å²) in [5.41, 5.74) is 4.70. The molecule has 170 valence electrons. The first-order valence-electron chi connectivity index (χ1n) is 10.6. The van der Waals surface area contributed by atoms with Crippen molar-refractivity contribution in [3.8, 4) is 27.6 Å². The van der Waals surface area contributed by atoms with Gasteiger partial charge >= 0.3 is 0 Å². The third kappa shape index (κ3) is 4.53. The summed E-state index contributed by atoms with van der Waals surface area (Å²) in [5.74, 6) is -0.0146. The van der Waals surface area contributed by atoms with Gasteiger partial charge in [-0.2, -0.15) is 0 Å². The minimum atomic E-state index is -0.285. The van der Waals surface area contributed by atoms with E-state index < -0.39 is 0 Å². The molecule has 0 spiro atoms. The second kappa shape index (κ2) is 9.29. The van der Waals surface area contributed by atoms with Crippen LogP contribution in [0.3, 0.4) is 0 Å². The third-order valence-corrected chi connectivity index (χ3v) is 6.61. The van der Waals surface area contributed by atoms with E-state index >= 15 is 0 Å². The number of thiazole rings is 1. The van der Waals surface area contributed by atoms with Gasteiger partial charge in [0, 0.05) is 22.2 Å². The highest BCUT2D eigenvalue weighted by molar-refractivity contribution is 7.13. The normalized spacial score (nSPS) is 12.8. The maximum absolute atomic E-state index is 12.7. The molecular weight excluding hydrogens is 470 g/mol. The van der Waals surface area contributed by atoms with Gasteiger partial charge in [0.1, 0.15) is 17.3 Å². The summed E-state index contributed by atoms with van der Waals surface area (Å²) in [6, 6.07) is 20.6. The minimum absolute atomic E-state index is 0.114. The smallest absolute Gasteiger partial charge is 0.265 e. The quantitative estimate of drug-likeness (QED) is 0.384. The van der Waals surface area contributed by atoms with E-state index in [2.05, 4.69) is 5.32 Å². The highest BCUT2D eigenvalue weighted by Crippen LogP contribution is 2.38. The molecule has 2 amide bonds. The highest BCUT2D eigenvalue weighted by atomic mass is 35.5. The summed E-state index contributed by atoms with van der Waals surface area (Å²) < 4.78 is 5.60. The van der Waals surface area contributed by atoms with Gasteiger partial charge in [-0.3, -0.25) is 14.5 Å². The number of fused-ring (bicyclic) bond motifs is 1. The van der Waals surface area contributed by atoms with E-state index in [1.54, 1.807) is 6.07 Å². The molecule has 0 saturated heterocycles. The number of nitrogens with one attached hydrogen (secondary N) is 1. The maximum Gasteiger partial charge on any atom is 0.265 e. The van der Waals surface area contributed by atoms with Crippen molar-refractivity contribution >= 4 is 46.1 Å². The van der Waals surface area contributed by atoms with E-state index in [4.69, 9.17) is 21.3 Å². The fraction of sp³-hybridized carbons (Fsp3) is 0.115. The number of aromatic nitrogens is 1. The second-order valence-electron chi connectivity index (χ2n) is 7.89. The van der Waals surface area contributed by atoms with Crippen LogP contribution in [0.4, 0.5) is 11.4 Å². The van der Waals surface area contributed by atoms with Crippen LogP contribution in [0.2, 0.25) is 5.02 Å². The zero-order valence-electron chi connectivity index (χ0n) is 18.2. The maximum atomic E-state index is 12.7. The molecule has 8 heteroatoms. The van der Waals surface area contributed by atoms with Crippen molar-refractivity contribution < 1.29 is 14.3 Å². The first kappa shape index (κ1) is 22.1. The monoisotopic (exact) mass is 489 g/mol. The SMILES string of the molecule is Cc1cccc(NC(=O)CN2C(=O)COc3ccc(-c4csc(-c5ccccc5Cl)n4)cc32)c1. The molecule has 0 radical (unpaired) electrons. The Bertz CT molecular complexity index is 1400. The zero-order valence-corrected chi connectivity index (χ0v) is 19.8. The van der Waals surface area contributed by atoms with Crippen LogP contribution >= 0.6 is 22.9 Å². The van der Waals surface area contributed by atoms with Crippen LogP contribution < -0.4 is 15.0 Å². The van der Waals surface area contributed by atoms with Crippen molar-refractivity contribution in [3.63, 3.8) is 0 Å². The summed E-state index contributed by atoms with van der Waals surface area (Å²) in [4.78, 5) is 31.6. The lowest BCUT2D eigenvalue weighted by Gasteiger charge is -2.29. The van der Waals surface area contributed by atoms with Crippen LogP contribution in [0.5, 0.6) is 5.75 Å². The molecule has 6 nitrogen and oxygen atoms in total. The molecule has 4 aromatic rings. The fourth-order valence-corrected chi connectivity index (χ4v) is 4.92. The van der Waals surface area contributed by atoms with Crippen molar-refractivity contribution in [2.75, 3.05) is 23.4 Å². The van der Waals surface area contributed by atoms with Gasteiger partial charge in [-0.05, 0) is 48.9 Å². The number of aryl methyl sites for hydroxylation is 1. The standard InChI is InChI=1S/C26H20ClN3O3S/c1-16-5-4-6-18(11-16)28-24(31)13-30-22-12-17(9-10-23(22)33-14-25(30)32)21-15-34-26(29-21)19-7-2-3-8-20(19)27/h2-12,15H,13-14H2,1H3,(H,28,31). The largest absolute Gasteiger partial charge is 0.482 e. The number of hydrogen-bond donors (Lipinski definition) is 1. The molecule has 1 aromatic heterocycles. The number of halogens is 1. The molecule has 2 heterocycles. The summed E-state index contributed by atoms with van der Waals surface area (Å²) in [7, 11) is 0. The molecule has 0 unspecified atom stereocenters. The average Bonchev–Trinajstić information content (AvgIpc) is 3.31. The summed E-state index contributed by atoms with van der Waals surface area (Å²) >= 11 is 7.82. The lowest BCUT2D eigenvalue weighted by molar-refractivity contribution is -0.123. The van der Waals surface area contributed by atoms with E-state index in [0.29, 0.717) is 22.1 Å². The Morgan fingerprint density at radius 3 is 2.82 bits per heavy atom. The van der Waals surface area contributed by atoms with Crippen LogP contribution in [0.25, 0.3) is 21.8 Å². The van der Waals surface area contributed by atoms with Gasteiger partial charge in [-0.1, -0.05) is 41.9 Å². The van der Waals surface area contributed by atoms with Gasteiger partial charge in [0.2, 0.25) is 5.91 Å². The van der Waals surface area contributed by atoms with E-state index in [1.165, 1.54) is 16.2 Å². The Balaban J connectivity index is 1.41. The van der Waals surface area contributed by atoms with Gasteiger partial charge in [0.05, 0.1) is 16.4 Å². The second-order valence-corrected chi connectivity index (χ2v) is 9.15. The summed E-state index contributed by atoms with van der Waals surface area (Å²) in [6.45, 7) is 1.72. The Hall–Kier alpha value is -3.68. The van der Waals surface area contributed by atoms with Crippen molar-refractivity contribution in [1.82, 2.24) is 4.98 Å². The highest BCUT2D eigenvalue weighted by Gasteiger charge is 2.28. The van der Waals surface area contributed by atoms with E-state index in [0.717, 1.165) is 27.4 Å². The van der Waals surface area contributed by atoms with Gasteiger partial charge < -0.3 is 10.1 Å². The van der Waals surface area contributed by atoms with E-state index in [-0.39, 0.29) is 25.0 Å². The van der Waals surface area contributed by atoms with Crippen LogP contribution in [-0.4, -0.2) is 29.9 Å². The molecule has 1 aliphatic heterocycles. The number of benzene rings is 3. The molecule has 5 rings (SSSR count).